The zero-order chi connectivity index (χ0) is 17.9. The molecule has 4 nitrogen and oxygen atoms in total. The highest BCUT2D eigenvalue weighted by Crippen LogP contribution is 2.23. The highest BCUT2D eigenvalue weighted by atomic mass is 16.5. The molecule has 25 heavy (non-hydrogen) atoms. The van der Waals surface area contributed by atoms with E-state index < -0.39 is 0 Å². The topological polar surface area (TPSA) is 44.8 Å². The van der Waals surface area contributed by atoms with E-state index in [1.807, 2.05) is 24.3 Å². The van der Waals surface area contributed by atoms with Crippen LogP contribution in [0.3, 0.4) is 0 Å². The lowest BCUT2D eigenvalue weighted by atomic mass is 10.0. The Morgan fingerprint density at radius 3 is 2.20 bits per heavy atom. The van der Waals surface area contributed by atoms with Gasteiger partial charge in [-0.15, -0.1) is 0 Å². The number of hydrogen-bond acceptors (Lipinski definition) is 4. The van der Waals surface area contributed by atoms with E-state index in [9.17, 15) is 4.79 Å². The van der Waals surface area contributed by atoms with Gasteiger partial charge in [0.25, 0.3) is 0 Å². The van der Waals surface area contributed by atoms with Crippen LogP contribution in [0.2, 0.25) is 0 Å². The zero-order valence-electron chi connectivity index (χ0n) is 14.6. The Labute approximate surface area is 149 Å². The Morgan fingerprint density at radius 1 is 0.960 bits per heavy atom. The van der Waals surface area contributed by atoms with Gasteiger partial charge in [0.15, 0.2) is 0 Å². The van der Waals surface area contributed by atoms with Crippen molar-refractivity contribution in [1.29, 1.82) is 0 Å². The molecule has 0 aliphatic carbocycles. The molecule has 0 radical (unpaired) electrons. The van der Waals surface area contributed by atoms with Crippen LogP contribution in [-0.2, 0) is 20.7 Å². The summed E-state index contributed by atoms with van der Waals surface area (Å²) in [6.07, 6.45) is 2.85. The van der Waals surface area contributed by atoms with Crippen LogP contribution in [-0.4, -0.2) is 32.9 Å². The second kappa shape index (κ2) is 10.3. The number of rotatable bonds is 10. The quantitative estimate of drug-likeness (QED) is 0.372. The maximum Gasteiger partial charge on any atom is 0.330 e. The molecular formula is C21H24O4. The molecule has 0 aliphatic rings. The van der Waals surface area contributed by atoms with Crippen molar-refractivity contribution in [3.05, 3.63) is 66.7 Å². The number of aryl methyl sites for hydroxylation is 1. The molecule has 0 N–H and O–H groups in total. The highest BCUT2D eigenvalue weighted by molar-refractivity contribution is 5.81. The maximum absolute atomic E-state index is 11.0. The van der Waals surface area contributed by atoms with E-state index in [1.54, 1.807) is 7.11 Å². The van der Waals surface area contributed by atoms with Crippen LogP contribution in [0.4, 0.5) is 0 Å². The van der Waals surface area contributed by atoms with Crippen molar-refractivity contribution in [1.82, 2.24) is 0 Å². The summed E-state index contributed by atoms with van der Waals surface area (Å²) in [5.74, 6) is 0.469. The molecule has 132 valence electrons. The fourth-order valence-corrected chi connectivity index (χ4v) is 2.36. The molecule has 4 heteroatoms. The summed E-state index contributed by atoms with van der Waals surface area (Å²) in [4.78, 5) is 11.0. The minimum absolute atomic E-state index is 0.370. The predicted octanol–water partition coefficient (Wildman–Crippen LogP) is 4.04. The molecule has 0 saturated heterocycles. The second-order valence-corrected chi connectivity index (χ2v) is 5.54. The number of carbonyl (C=O) groups excluding carboxylic acids is 1. The van der Waals surface area contributed by atoms with Crippen LogP contribution in [0, 0.1) is 0 Å². The molecular weight excluding hydrogens is 316 g/mol. The molecule has 0 aromatic heterocycles. The standard InChI is InChI=1S/C21H24O4/c1-3-21(22)25-14-4-5-17-6-8-18(9-7-17)19-10-12-20(13-11-19)24-16-15-23-2/h3,6-13H,1,4-5,14-16H2,2H3. The van der Waals surface area contributed by atoms with Gasteiger partial charge in [-0.1, -0.05) is 43.0 Å². The Hall–Kier alpha value is -2.59. The lowest BCUT2D eigenvalue weighted by Gasteiger charge is -2.08. The number of hydrogen-bond donors (Lipinski definition) is 0. The van der Waals surface area contributed by atoms with E-state index in [4.69, 9.17) is 14.2 Å². The van der Waals surface area contributed by atoms with Crippen LogP contribution >= 0.6 is 0 Å². The number of ether oxygens (including phenoxy) is 3. The Kier molecular flexibility index (Phi) is 7.73. The van der Waals surface area contributed by atoms with Crippen molar-refractivity contribution in [3.63, 3.8) is 0 Å². The predicted molar refractivity (Wildman–Crippen MR) is 98.7 cm³/mol. The maximum atomic E-state index is 11.0. The van der Waals surface area contributed by atoms with Crippen molar-refractivity contribution in [3.8, 4) is 16.9 Å². The summed E-state index contributed by atoms with van der Waals surface area (Å²) in [5.41, 5.74) is 3.52. The van der Waals surface area contributed by atoms with Crippen LogP contribution in [0.1, 0.15) is 12.0 Å². The number of methoxy groups -OCH3 is 1. The first-order valence-corrected chi connectivity index (χ1v) is 8.33. The zero-order valence-corrected chi connectivity index (χ0v) is 14.6. The van der Waals surface area contributed by atoms with E-state index >= 15 is 0 Å². The molecule has 2 aromatic rings. The van der Waals surface area contributed by atoms with Gasteiger partial charge in [0.2, 0.25) is 0 Å². The molecule has 0 aliphatic heterocycles. The third-order valence-corrected chi connectivity index (χ3v) is 3.72. The first kappa shape index (κ1) is 18.7. The number of esters is 1. The molecule has 2 rings (SSSR count). The molecule has 0 heterocycles. The molecule has 0 saturated carbocycles. The molecule has 0 fully saturated rings. The average Bonchev–Trinajstić information content (AvgIpc) is 2.66. The third kappa shape index (κ3) is 6.43. The smallest absolute Gasteiger partial charge is 0.330 e. The largest absolute Gasteiger partial charge is 0.491 e. The summed E-state index contributed by atoms with van der Waals surface area (Å²) >= 11 is 0. The summed E-state index contributed by atoms with van der Waals surface area (Å²) < 4.78 is 15.5. The summed E-state index contributed by atoms with van der Waals surface area (Å²) in [6, 6.07) is 16.4. The fourth-order valence-electron chi connectivity index (χ4n) is 2.36. The van der Waals surface area contributed by atoms with Gasteiger partial charge >= 0.3 is 5.97 Å². The van der Waals surface area contributed by atoms with Crippen molar-refractivity contribution >= 4 is 5.97 Å². The van der Waals surface area contributed by atoms with Gasteiger partial charge in [0, 0.05) is 13.2 Å². The van der Waals surface area contributed by atoms with Gasteiger partial charge in [0.05, 0.1) is 13.2 Å². The Morgan fingerprint density at radius 2 is 1.60 bits per heavy atom. The fraction of sp³-hybridized carbons (Fsp3) is 0.286. The van der Waals surface area contributed by atoms with Crippen molar-refractivity contribution < 1.29 is 19.0 Å². The first-order valence-electron chi connectivity index (χ1n) is 8.33. The monoisotopic (exact) mass is 340 g/mol. The van der Waals surface area contributed by atoms with Crippen molar-refractivity contribution in [2.75, 3.05) is 26.9 Å². The summed E-state index contributed by atoms with van der Waals surface area (Å²) in [7, 11) is 1.66. The highest BCUT2D eigenvalue weighted by Gasteiger charge is 2.01. The van der Waals surface area contributed by atoms with Crippen LogP contribution in [0.15, 0.2) is 61.2 Å². The minimum Gasteiger partial charge on any atom is -0.491 e. The van der Waals surface area contributed by atoms with Crippen LogP contribution in [0.25, 0.3) is 11.1 Å². The van der Waals surface area contributed by atoms with E-state index in [0.29, 0.717) is 19.8 Å². The van der Waals surface area contributed by atoms with Gasteiger partial charge in [-0.2, -0.15) is 0 Å². The normalized spacial score (nSPS) is 10.3. The van der Waals surface area contributed by atoms with E-state index in [0.717, 1.165) is 29.7 Å². The van der Waals surface area contributed by atoms with E-state index in [1.165, 1.54) is 11.6 Å². The molecule has 0 atom stereocenters. The number of carbonyl (C=O) groups is 1. The SMILES string of the molecule is C=CC(=O)OCCCc1ccc(-c2ccc(OCCOC)cc2)cc1. The molecule has 0 bridgehead atoms. The van der Waals surface area contributed by atoms with Gasteiger partial charge < -0.3 is 14.2 Å². The van der Waals surface area contributed by atoms with E-state index in [2.05, 4.69) is 30.8 Å². The summed E-state index contributed by atoms with van der Waals surface area (Å²) in [5, 5.41) is 0. The van der Waals surface area contributed by atoms with Crippen molar-refractivity contribution in [2.45, 2.75) is 12.8 Å². The Bertz CT molecular complexity index is 659. The Balaban J connectivity index is 1.84. The first-order chi connectivity index (χ1) is 12.2. The van der Waals surface area contributed by atoms with Gasteiger partial charge in [-0.3, -0.25) is 0 Å². The van der Waals surface area contributed by atoms with Gasteiger partial charge in [-0.05, 0) is 41.7 Å². The molecule has 0 unspecified atom stereocenters. The second-order valence-electron chi connectivity index (χ2n) is 5.54. The van der Waals surface area contributed by atoms with E-state index in [-0.39, 0.29) is 5.97 Å². The lowest BCUT2D eigenvalue weighted by Crippen LogP contribution is -2.03. The van der Waals surface area contributed by atoms with Crippen LogP contribution < -0.4 is 4.74 Å². The van der Waals surface area contributed by atoms with Gasteiger partial charge in [0.1, 0.15) is 12.4 Å². The summed E-state index contributed by atoms with van der Waals surface area (Å²) in [6.45, 7) is 4.91. The molecule has 2 aromatic carbocycles. The third-order valence-electron chi connectivity index (χ3n) is 3.72. The molecule has 0 amide bonds. The minimum atomic E-state index is -0.370. The lowest BCUT2D eigenvalue weighted by molar-refractivity contribution is -0.137. The average molecular weight is 340 g/mol. The molecule has 0 spiro atoms. The number of benzene rings is 2. The van der Waals surface area contributed by atoms with Gasteiger partial charge in [-0.25, -0.2) is 4.79 Å². The van der Waals surface area contributed by atoms with Crippen molar-refractivity contribution in [2.24, 2.45) is 0 Å². The van der Waals surface area contributed by atoms with Crippen LogP contribution in [0.5, 0.6) is 5.75 Å².